The molecule has 0 spiro atoms. The molecule has 2 aromatic carbocycles. The molecule has 4 rings (SSSR count). The van der Waals surface area contributed by atoms with Crippen LogP contribution in [0.25, 0.3) is 16.6 Å². The number of rotatable bonds is 3. The summed E-state index contributed by atoms with van der Waals surface area (Å²) in [6, 6.07) is 16.6. The number of benzene rings is 2. The van der Waals surface area contributed by atoms with Gasteiger partial charge in [0.05, 0.1) is 16.6 Å². The summed E-state index contributed by atoms with van der Waals surface area (Å²) in [5.41, 5.74) is 3.38. The molecule has 1 N–H and O–H groups in total. The van der Waals surface area contributed by atoms with Gasteiger partial charge in [0.2, 0.25) is 5.88 Å². The van der Waals surface area contributed by atoms with Gasteiger partial charge in [-0.1, -0.05) is 24.3 Å². The molecule has 2 heterocycles. The summed E-state index contributed by atoms with van der Waals surface area (Å²) in [6.07, 6.45) is 2.32. The average molecular weight is 307 g/mol. The minimum absolute atomic E-state index is 0.250. The molecule has 4 nitrogen and oxygen atoms in total. The van der Waals surface area contributed by atoms with Gasteiger partial charge >= 0.3 is 0 Å². The Labute approximate surface area is 136 Å². The van der Waals surface area contributed by atoms with E-state index in [9.17, 15) is 0 Å². The number of nitrogens with one attached hydrogen (secondary N) is 1. The van der Waals surface area contributed by atoms with Crippen LogP contribution in [-0.4, -0.2) is 29.0 Å². The predicted octanol–water partition coefficient (Wildman–Crippen LogP) is 3.46. The highest BCUT2D eigenvalue weighted by molar-refractivity contribution is 5.86. The monoisotopic (exact) mass is 307 g/mol. The summed E-state index contributed by atoms with van der Waals surface area (Å²) in [5.74, 6) is 0.746. The Morgan fingerprint density at radius 3 is 2.65 bits per heavy atom. The van der Waals surface area contributed by atoms with Crippen molar-refractivity contribution >= 4 is 10.9 Å². The van der Waals surface area contributed by atoms with Crippen LogP contribution in [0.5, 0.6) is 5.88 Å². The van der Waals surface area contributed by atoms with Gasteiger partial charge < -0.3 is 10.1 Å². The van der Waals surface area contributed by atoms with Crippen molar-refractivity contribution in [3.05, 3.63) is 54.1 Å². The fraction of sp³-hybridized carbons (Fsp3) is 0.316. The van der Waals surface area contributed by atoms with Crippen LogP contribution in [0.2, 0.25) is 0 Å². The van der Waals surface area contributed by atoms with Gasteiger partial charge in [0.25, 0.3) is 0 Å². The summed E-state index contributed by atoms with van der Waals surface area (Å²) in [5, 5.41) is 9.22. The van der Waals surface area contributed by atoms with E-state index in [1.54, 1.807) is 0 Å². The number of hydrogen-bond acceptors (Lipinski definition) is 3. The van der Waals surface area contributed by atoms with E-state index in [-0.39, 0.29) is 6.10 Å². The molecule has 1 aromatic heterocycles. The topological polar surface area (TPSA) is 39.1 Å². The summed E-state index contributed by atoms with van der Waals surface area (Å²) in [7, 11) is 0. The number of nitrogens with zero attached hydrogens (tertiary/aromatic N) is 2. The summed E-state index contributed by atoms with van der Waals surface area (Å²) in [6.45, 7) is 4.14. The van der Waals surface area contributed by atoms with E-state index < -0.39 is 0 Å². The van der Waals surface area contributed by atoms with Crippen LogP contribution >= 0.6 is 0 Å². The Kier molecular flexibility index (Phi) is 3.75. The molecule has 0 atom stereocenters. The lowest BCUT2D eigenvalue weighted by Crippen LogP contribution is -2.34. The Hall–Kier alpha value is -2.33. The molecule has 0 unspecified atom stereocenters. The van der Waals surface area contributed by atoms with Crippen LogP contribution in [0.1, 0.15) is 18.4 Å². The average Bonchev–Trinajstić information content (AvgIpc) is 2.94. The molecule has 0 amide bonds. The molecule has 1 aliphatic rings. The molecule has 1 fully saturated rings. The smallest absolute Gasteiger partial charge is 0.241 e. The van der Waals surface area contributed by atoms with Crippen molar-refractivity contribution < 1.29 is 4.74 Å². The fourth-order valence-electron chi connectivity index (χ4n) is 3.12. The Morgan fingerprint density at radius 2 is 1.87 bits per heavy atom. The zero-order valence-electron chi connectivity index (χ0n) is 13.3. The van der Waals surface area contributed by atoms with E-state index in [1.807, 2.05) is 22.9 Å². The first kappa shape index (κ1) is 14.3. The fourth-order valence-corrected chi connectivity index (χ4v) is 3.12. The van der Waals surface area contributed by atoms with E-state index in [4.69, 9.17) is 9.84 Å². The number of ether oxygens (including phenoxy) is 1. The molecular formula is C19H21N3O. The minimum Gasteiger partial charge on any atom is -0.473 e. The van der Waals surface area contributed by atoms with Gasteiger partial charge in [0.1, 0.15) is 6.10 Å². The molecular weight excluding hydrogens is 286 g/mol. The van der Waals surface area contributed by atoms with Gasteiger partial charge in [-0.2, -0.15) is 0 Å². The largest absolute Gasteiger partial charge is 0.473 e. The number of aryl methyl sites for hydroxylation is 1. The van der Waals surface area contributed by atoms with Crippen LogP contribution in [0, 0.1) is 6.92 Å². The molecule has 0 radical (unpaired) electrons. The molecule has 1 saturated heterocycles. The van der Waals surface area contributed by atoms with E-state index in [1.165, 1.54) is 5.56 Å². The lowest BCUT2D eigenvalue weighted by atomic mass is 10.1. The van der Waals surface area contributed by atoms with Gasteiger partial charge in [0, 0.05) is 0 Å². The maximum absolute atomic E-state index is 6.24. The van der Waals surface area contributed by atoms with Crippen LogP contribution < -0.4 is 10.1 Å². The van der Waals surface area contributed by atoms with Gasteiger partial charge in [-0.3, -0.25) is 0 Å². The summed E-state index contributed by atoms with van der Waals surface area (Å²) >= 11 is 0. The molecule has 0 bridgehead atoms. The van der Waals surface area contributed by atoms with Crippen LogP contribution in [0.4, 0.5) is 0 Å². The number of aromatic nitrogens is 2. The van der Waals surface area contributed by atoms with Crippen LogP contribution in [-0.2, 0) is 0 Å². The third kappa shape index (κ3) is 2.82. The quantitative estimate of drug-likeness (QED) is 0.805. The van der Waals surface area contributed by atoms with Crippen LogP contribution in [0.3, 0.4) is 0 Å². The number of fused-ring (bicyclic) bond motifs is 1. The van der Waals surface area contributed by atoms with Gasteiger partial charge in [-0.05, 0) is 62.7 Å². The maximum Gasteiger partial charge on any atom is 0.241 e. The SMILES string of the molecule is Cc1ccc2c(OC3CCNCC3)nn(-c3ccccc3)c2c1. The zero-order chi connectivity index (χ0) is 15.6. The Bertz CT molecular complexity index is 804. The summed E-state index contributed by atoms with van der Waals surface area (Å²) in [4.78, 5) is 0. The van der Waals surface area contributed by atoms with Crippen molar-refractivity contribution in [3.63, 3.8) is 0 Å². The molecule has 23 heavy (non-hydrogen) atoms. The first-order valence-corrected chi connectivity index (χ1v) is 8.23. The molecule has 3 aromatic rings. The van der Waals surface area contributed by atoms with E-state index >= 15 is 0 Å². The lowest BCUT2D eigenvalue weighted by Gasteiger charge is -2.22. The second kappa shape index (κ2) is 6.05. The highest BCUT2D eigenvalue weighted by Crippen LogP contribution is 2.29. The second-order valence-electron chi connectivity index (χ2n) is 6.14. The standard InChI is InChI=1S/C19H21N3O/c1-14-7-8-17-18(13-14)22(15-5-3-2-4-6-15)21-19(17)23-16-9-11-20-12-10-16/h2-8,13,16,20H,9-12H2,1H3. The highest BCUT2D eigenvalue weighted by Gasteiger charge is 2.19. The number of piperidine rings is 1. The molecule has 0 aliphatic carbocycles. The zero-order valence-corrected chi connectivity index (χ0v) is 13.3. The van der Waals surface area contributed by atoms with Gasteiger partial charge in [0.15, 0.2) is 0 Å². The van der Waals surface area contributed by atoms with Gasteiger partial charge in [-0.15, -0.1) is 5.10 Å². The lowest BCUT2D eigenvalue weighted by molar-refractivity contribution is 0.157. The molecule has 1 aliphatic heterocycles. The third-order valence-corrected chi connectivity index (χ3v) is 4.37. The van der Waals surface area contributed by atoms with Gasteiger partial charge in [-0.25, -0.2) is 4.68 Å². The van der Waals surface area contributed by atoms with Crippen molar-refractivity contribution in [2.45, 2.75) is 25.9 Å². The minimum atomic E-state index is 0.250. The van der Waals surface area contributed by atoms with Crippen molar-refractivity contribution in [2.24, 2.45) is 0 Å². The Balaban J connectivity index is 1.78. The highest BCUT2D eigenvalue weighted by atomic mass is 16.5. The second-order valence-corrected chi connectivity index (χ2v) is 6.14. The van der Waals surface area contributed by atoms with Crippen molar-refractivity contribution in [3.8, 4) is 11.6 Å². The third-order valence-electron chi connectivity index (χ3n) is 4.37. The summed E-state index contributed by atoms with van der Waals surface area (Å²) < 4.78 is 8.22. The van der Waals surface area contributed by atoms with E-state index in [0.717, 1.165) is 48.4 Å². The van der Waals surface area contributed by atoms with E-state index in [0.29, 0.717) is 0 Å². The predicted molar refractivity (Wildman–Crippen MR) is 92.3 cm³/mol. The van der Waals surface area contributed by atoms with E-state index in [2.05, 4.69) is 42.6 Å². The van der Waals surface area contributed by atoms with Crippen molar-refractivity contribution in [1.29, 1.82) is 0 Å². The molecule has 118 valence electrons. The first-order chi connectivity index (χ1) is 11.3. The first-order valence-electron chi connectivity index (χ1n) is 8.23. The van der Waals surface area contributed by atoms with Crippen molar-refractivity contribution in [2.75, 3.05) is 13.1 Å². The van der Waals surface area contributed by atoms with Crippen LogP contribution in [0.15, 0.2) is 48.5 Å². The Morgan fingerprint density at radius 1 is 1.09 bits per heavy atom. The van der Waals surface area contributed by atoms with Crippen molar-refractivity contribution in [1.82, 2.24) is 15.1 Å². The molecule has 0 saturated carbocycles. The number of para-hydroxylation sites is 1. The number of hydrogen-bond donors (Lipinski definition) is 1. The molecule has 4 heteroatoms. The normalized spacial score (nSPS) is 15.9. The maximum atomic E-state index is 6.24.